The lowest BCUT2D eigenvalue weighted by atomic mass is 9.65. The molecule has 142 valence electrons. The number of nitrogens with one attached hydrogen (secondary N) is 2. The largest absolute Gasteiger partial charge is 0.356 e. The number of hydrogen-bond acceptors (Lipinski definition) is 5. The first-order valence-corrected chi connectivity index (χ1v) is 10.9. The lowest BCUT2D eigenvalue weighted by molar-refractivity contribution is 0.114. The second kappa shape index (κ2) is 6.20. The van der Waals surface area contributed by atoms with Gasteiger partial charge < -0.3 is 9.88 Å². The normalized spacial score (nSPS) is 31.4. The van der Waals surface area contributed by atoms with Crippen LogP contribution < -0.4 is 9.62 Å². The number of aromatic amines is 1. The molecule has 0 spiro atoms. The molecule has 0 atom stereocenters. The van der Waals surface area contributed by atoms with Crippen LogP contribution in [0.5, 0.6) is 0 Å². The van der Waals surface area contributed by atoms with Crippen LogP contribution in [0.1, 0.15) is 39.5 Å². The fraction of sp³-hybridized carbons (Fsp3) is 0.667. The highest BCUT2D eigenvalue weighted by molar-refractivity contribution is 7.89. The van der Waals surface area contributed by atoms with Crippen LogP contribution in [0.25, 0.3) is 11.0 Å². The average Bonchev–Trinajstić information content (AvgIpc) is 2.96. The first-order chi connectivity index (χ1) is 12.2. The lowest BCUT2D eigenvalue weighted by Crippen LogP contribution is -2.54. The number of nitrogens with zero attached hydrogens (tertiary/aromatic N) is 3. The third-order valence-corrected chi connectivity index (χ3v) is 7.66. The number of aromatic nitrogens is 3. The number of H-pyrrole nitrogens is 1. The van der Waals surface area contributed by atoms with Crippen molar-refractivity contribution in [2.75, 3.05) is 17.7 Å². The van der Waals surface area contributed by atoms with E-state index in [1.807, 2.05) is 19.3 Å². The van der Waals surface area contributed by atoms with E-state index in [1.54, 1.807) is 6.33 Å². The standard InChI is InChI=1S/C18H27N5O2S/c1-12-8-18(2,9-12)10-26(24,25)22-13-6-14(7-13)23(3)17-15-4-5-19-16(15)20-11-21-17/h4-5,11-14,22H,6-10H2,1-3H3,(H,19,20,21). The third kappa shape index (κ3) is 3.32. The zero-order valence-corrected chi connectivity index (χ0v) is 16.4. The number of rotatable bonds is 6. The van der Waals surface area contributed by atoms with Crippen LogP contribution >= 0.6 is 0 Å². The van der Waals surface area contributed by atoms with E-state index < -0.39 is 10.0 Å². The number of sulfonamides is 1. The summed E-state index contributed by atoms with van der Waals surface area (Å²) in [5.74, 6) is 1.78. The van der Waals surface area contributed by atoms with E-state index in [-0.39, 0.29) is 23.3 Å². The fourth-order valence-electron chi connectivity index (χ4n) is 4.81. The van der Waals surface area contributed by atoms with E-state index in [0.717, 1.165) is 42.5 Å². The maximum atomic E-state index is 12.5. The Morgan fingerprint density at radius 3 is 2.77 bits per heavy atom. The molecule has 26 heavy (non-hydrogen) atoms. The first kappa shape index (κ1) is 17.7. The summed E-state index contributed by atoms with van der Waals surface area (Å²) in [7, 11) is -1.21. The Morgan fingerprint density at radius 1 is 1.35 bits per heavy atom. The third-order valence-electron chi connectivity index (χ3n) is 5.90. The Hall–Kier alpha value is -1.67. The molecule has 7 nitrogen and oxygen atoms in total. The molecule has 2 aliphatic carbocycles. The summed E-state index contributed by atoms with van der Waals surface area (Å²) >= 11 is 0. The number of fused-ring (bicyclic) bond motifs is 1. The summed E-state index contributed by atoms with van der Waals surface area (Å²) in [5.41, 5.74) is 0.771. The van der Waals surface area contributed by atoms with Crippen molar-refractivity contribution in [2.45, 2.75) is 51.6 Å². The number of hydrogen-bond donors (Lipinski definition) is 2. The van der Waals surface area contributed by atoms with Crippen molar-refractivity contribution in [1.29, 1.82) is 0 Å². The van der Waals surface area contributed by atoms with Gasteiger partial charge in [-0.15, -0.1) is 0 Å². The van der Waals surface area contributed by atoms with Gasteiger partial charge in [0.25, 0.3) is 0 Å². The Labute approximate surface area is 154 Å². The zero-order valence-electron chi connectivity index (χ0n) is 15.6. The molecule has 0 radical (unpaired) electrons. The molecule has 0 bridgehead atoms. The van der Waals surface area contributed by atoms with Gasteiger partial charge in [0.05, 0.1) is 11.1 Å². The van der Waals surface area contributed by atoms with E-state index in [4.69, 9.17) is 0 Å². The minimum absolute atomic E-state index is 0.0251. The molecule has 2 aromatic heterocycles. The Morgan fingerprint density at radius 2 is 2.08 bits per heavy atom. The van der Waals surface area contributed by atoms with Crippen molar-refractivity contribution in [3.05, 3.63) is 18.6 Å². The Balaban J connectivity index is 1.34. The predicted molar refractivity (Wildman–Crippen MR) is 103 cm³/mol. The minimum atomic E-state index is -3.22. The van der Waals surface area contributed by atoms with Crippen LogP contribution in [0.4, 0.5) is 5.82 Å². The molecule has 2 aromatic rings. The Bertz CT molecular complexity index is 897. The van der Waals surface area contributed by atoms with E-state index in [2.05, 4.69) is 38.4 Å². The molecule has 2 aliphatic rings. The molecular formula is C18H27N5O2S. The predicted octanol–water partition coefficient (Wildman–Crippen LogP) is 2.28. The summed E-state index contributed by atoms with van der Waals surface area (Å²) in [4.78, 5) is 13.9. The monoisotopic (exact) mass is 377 g/mol. The summed E-state index contributed by atoms with van der Waals surface area (Å²) in [6.45, 7) is 4.27. The van der Waals surface area contributed by atoms with Gasteiger partial charge in [0.1, 0.15) is 17.8 Å². The van der Waals surface area contributed by atoms with Crippen LogP contribution in [0.2, 0.25) is 0 Å². The molecule has 0 aliphatic heterocycles. The van der Waals surface area contributed by atoms with Gasteiger partial charge in [-0.2, -0.15) is 0 Å². The van der Waals surface area contributed by atoms with Crippen molar-refractivity contribution >= 4 is 26.9 Å². The maximum Gasteiger partial charge on any atom is 0.212 e. The van der Waals surface area contributed by atoms with Gasteiger partial charge in [-0.25, -0.2) is 23.1 Å². The highest BCUT2D eigenvalue weighted by Gasteiger charge is 2.43. The van der Waals surface area contributed by atoms with Crippen molar-refractivity contribution in [3.8, 4) is 0 Å². The van der Waals surface area contributed by atoms with Crippen molar-refractivity contribution in [1.82, 2.24) is 19.7 Å². The molecule has 0 unspecified atom stereocenters. The summed E-state index contributed by atoms with van der Waals surface area (Å²) in [5, 5.41) is 0.992. The van der Waals surface area contributed by atoms with Gasteiger partial charge in [0.2, 0.25) is 10.0 Å². The van der Waals surface area contributed by atoms with E-state index in [0.29, 0.717) is 5.92 Å². The van der Waals surface area contributed by atoms with Crippen molar-refractivity contribution < 1.29 is 8.42 Å². The second-order valence-corrected chi connectivity index (χ2v) is 10.3. The highest BCUT2D eigenvalue weighted by Crippen LogP contribution is 2.45. The Kier molecular flexibility index (Phi) is 4.23. The smallest absolute Gasteiger partial charge is 0.212 e. The van der Waals surface area contributed by atoms with E-state index in [9.17, 15) is 8.42 Å². The van der Waals surface area contributed by atoms with Gasteiger partial charge in [0, 0.05) is 25.3 Å². The molecule has 2 fully saturated rings. The minimum Gasteiger partial charge on any atom is -0.356 e. The van der Waals surface area contributed by atoms with Crippen LogP contribution in [0.3, 0.4) is 0 Å². The summed E-state index contributed by atoms with van der Waals surface area (Å²) in [6.07, 6.45) is 7.03. The van der Waals surface area contributed by atoms with Crippen LogP contribution in [0.15, 0.2) is 18.6 Å². The lowest BCUT2D eigenvalue weighted by Gasteiger charge is -2.45. The molecule has 2 saturated carbocycles. The molecule has 2 N–H and O–H groups in total. The summed E-state index contributed by atoms with van der Waals surface area (Å²) < 4.78 is 27.9. The van der Waals surface area contributed by atoms with Gasteiger partial charge in [-0.05, 0) is 43.1 Å². The number of anilines is 1. The van der Waals surface area contributed by atoms with Gasteiger partial charge in [0.15, 0.2) is 0 Å². The molecular weight excluding hydrogens is 350 g/mol. The summed E-state index contributed by atoms with van der Waals surface area (Å²) in [6, 6.07) is 2.28. The molecule has 0 saturated heterocycles. The van der Waals surface area contributed by atoms with Gasteiger partial charge in [-0.1, -0.05) is 13.8 Å². The van der Waals surface area contributed by atoms with Crippen molar-refractivity contribution in [2.24, 2.45) is 11.3 Å². The molecule has 4 rings (SSSR count). The first-order valence-electron chi connectivity index (χ1n) is 9.26. The molecule has 2 heterocycles. The zero-order chi connectivity index (χ0) is 18.5. The van der Waals surface area contributed by atoms with Gasteiger partial charge in [-0.3, -0.25) is 0 Å². The fourth-order valence-corrected chi connectivity index (χ4v) is 6.74. The van der Waals surface area contributed by atoms with Crippen LogP contribution in [0, 0.1) is 11.3 Å². The quantitative estimate of drug-likeness (QED) is 0.806. The van der Waals surface area contributed by atoms with E-state index in [1.165, 1.54) is 0 Å². The van der Waals surface area contributed by atoms with Gasteiger partial charge >= 0.3 is 0 Å². The SMILES string of the molecule is CC1CC(C)(CS(=O)(=O)NC2CC(N(C)c3ncnc4[nH]ccc34)C2)C1. The molecule has 0 aromatic carbocycles. The van der Waals surface area contributed by atoms with Crippen LogP contribution in [-0.4, -0.2) is 48.3 Å². The molecule has 0 amide bonds. The van der Waals surface area contributed by atoms with Crippen molar-refractivity contribution in [3.63, 3.8) is 0 Å². The topological polar surface area (TPSA) is 91.0 Å². The van der Waals surface area contributed by atoms with E-state index >= 15 is 0 Å². The highest BCUT2D eigenvalue weighted by atomic mass is 32.2. The second-order valence-electron chi connectivity index (χ2n) is 8.57. The van der Waals surface area contributed by atoms with Crippen LogP contribution in [-0.2, 0) is 10.0 Å². The maximum absolute atomic E-state index is 12.5. The average molecular weight is 378 g/mol. The molecule has 8 heteroatoms.